The van der Waals surface area contributed by atoms with Gasteiger partial charge in [-0.25, -0.2) is 8.42 Å². The highest BCUT2D eigenvalue weighted by molar-refractivity contribution is 9.10. The van der Waals surface area contributed by atoms with Crippen molar-refractivity contribution >= 4 is 37.5 Å². The fraction of sp³-hybridized carbons (Fsp3) is 0.321. The largest absolute Gasteiger partial charge is 0.496 e. The number of ether oxygens (including phenoxy) is 1. The number of carbonyl (C=O) groups is 1. The highest BCUT2D eigenvalue weighted by Crippen LogP contribution is 2.31. The summed E-state index contributed by atoms with van der Waals surface area (Å²) in [5.74, 6) is 0.143. The van der Waals surface area contributed by atoms with Crippen LogP contribution < -0.4 is 14.4 Å². The molecule has 4 rings (SSSR count). The molecule has 1 unspecified atom stereocenters. The number of methoxy groups -OCH3 is 1. The van der Waals surface area contributed by atoms with E-state index in [-0.39, 0.29) is 23.4 Å². The molecule has 0 bridgehead atoms. The number of hydrogen-bond donors (Lipinski definition) is 1. The monoisotopic (exact) mass is 570 g/mol. The summed E-state index contributed by atoms with van der Waals surface area (Å²) in [6.07, 6.45) is 4.55. The Hall–Kier alpha value is -2.84. The standard InChI is InChI=1S/C28H31BrN2O4S/c1-19-8-12-24(13-9-19)31(36(33,34)25-14-15-27(35-3)26(29)17-25)18-28(32)30-20(2)22-11-10-21-6-4-5-7-23(21)16-22/h8-17,20H,4-7,18H2,1-3H3,(H,30,32). The molecular formula is C28H31BrN2O4S. The number of halogens is 1. The Labute approximate surface area is 221 Å². The molecule has 190 valence electrons. The van der Waals surface area contributed by atoms with E-state index in [1.807, 2.05) is 26.0 Å². The maximum atomic E-state index is 13.7. The number of fused-ring (bicyclic) bond motifs is 1. The summed E-state index contributed by atoms with van der Waals surface area (Å²) >= 11 is 3.36. The van der Waals surface area contributed by atoms with Crippen LogP contribution in [-0.2, 0) is 27.7 Å². The molecule has 1 aliphatic carbocycles. The van der Waals surface area contributed by atoms with Gasteiger partial charge >= 0.3 is 0 Å². The summed E-state index contributed by atoms with van der Waals surface area (Å²) in [7, 11) is -2.52. The first-order valence-corrected chi connectivity index (χ1v) is 14.3. The molecule has 1 N–H and O–H groups in total. The van der Waals surface area contributed by atoms with Crippen molar-refractivity contribution in [3.8, 4) is 5.75 Å². The van der Waals surface area contributed by atoms with Crippen LogP contribution >= 0.6 is 15.9 Å². The lowest BCUT2D eigenvalue weighted by Gasteiger charge is -2.26. The predicted octanol–water partition coefficient (Wildman–Crippen LogP) is 5.72. The van der Waals surface area contributed by atoms with Crippen molar-refractivity contribution in [2.75, 3.05) is 18.0 Å². The van der Waals surface area contributed by atoms with Gasteiger partial charge in [0.25, 0.3) is 10.0 Å². The Balaban J connectivity index is 1.59. The van der Waals surface area contributed by atoms with Gasteiger partial charge in [0.1, 0.15) is 12.3 Å². The zero-order chi connectivity index (χ0) is 25.9. The number of benzene rings is 3. The normalized spacial score (nSPS) is 14.0. The van der Waals surface area contributed by atoms with Crippen LogP contribution in [0.15, 0.2) is 70.0 Å². The van der Waals surface area contributed by atoms with Crippen molar-refractivity contribution in [3.63, 3.8) is 0 Å². The smallest absolute Gasteiger partial charge is 0.264 e. The van der Waals surface area contributed by atoms with Gasteiger partial charge in [-0.2, -0.15) is 0 Å². The van der Waals surface area contributed by atoms with E-state index in [0.29, 0.717) is 15.9 Å². The number of rotatable bonds is 8. The molecule has 0 aromatic heterocycles. The number of anilines is 1. The number of aryl methyl sites for hydroxylation is 3. The Bertz CT molecular complexity index is 1360. The van der Waals surface area contributed by atoms with Crippen LogP contribution in [0.4, 0.5) is 5.69 Å². The zero-order valence-corrected chi connectivity index (χ0v) is 23.2. The minimum absolute atomic E-state index is 0.0614. The second-order valence-electron chi connectivity index (χ2n) is 9.17. The Morgan fingerprint density at radius 1 is 1.03 bits per heavy atom. The van der Waals surface area contributed by atoms with E-state index in [4.69, 9.17) is 4.74 Å². The van der Waals surface area contributed by atoms with Gasteiger partial charge in [0.05, 0.1) is 28.2 Å². The SMILES string of the molecule is COc1ccc(S(=O)(=O)N(CC(=O)NC(C)c2ccc3c(c2)CCCC3)c2ccc(C)cc2)cc1Br. The first kappa shape index (κ1) is 26.2. The van der Waals surface area contributed by atoms with Crippen molar-refractivity contribution in [2.45, 2.75) is 50.5 Å². The number of nitrogens with zero attached hydrogens (tertiary/aromatic N) is 1. The van der Waals surface area contributed by atoms with Gasteiger partial charge in [-0.3, -0.25) is 9.10 Å². The van der Waals surface area contributed by atoms with Gasteiger partial charge in [-0.1, -0.05) is 35.9 Å². The molecule has 0 radical (unpaired) electrons. The van der Waals surface area contributed by atoms with Crippen molar-refractivity contribution in [2.24, 2.45) is 0 Å². The van der Waals surface area contributed by atoms with Crippen LogP contribution in [0.2, 0.25) is 0 Å². The Morgan fingerprint density at radius 3 is 2.39 bits per heavy atom. The van der Waals surface area contributed by atoms with E-state index in [1.165, 1.54) is 43.2 Å². The Morgan fingerprint density at radius 2 is 1.72 bits per heavy atom. The quantitative estimate of drug-likeness (QED) is 0.376. The van der Waals surface area contributed by atoms with Gasteiger partial charge in [-0.05, 0) is 102 Å². The topological polar surface area (TPSA) is 75.7 Å². The summed E-state index contributed by atoms with van der Waals surface area (Å²) < 4.78 is 34.3. The average Bonchev–Trinajstić information content (AvgIpc) is 2.87. The summed E-state index contributed by atoms with van der Waals surface area (Å²) in [5.41, 5.74) is 5.16. The van der Waals surface area contributed by atoms with Gasteiger partial charge in [0, 0.05) is 0 Å². The van der Waals surface area contributed by atoms with Gasteiger partial charge in [-0.15, -0.1) is 0 Å². The second-order valence-corrected chi connectivity index (χ2v) is 11.9. The van der Waals surface area contributed by atoms with E-state index < -0.39 is 10.0 Å². The minimum atomic E-state index is -4.04. The molecule has 3 aromatic carbocycles. The molecule has 36 heavy (non-hydrogen) atoms. The number of carbonyl (C=O) groups excluding carboxylic acids is 1. The maximum Gasteiger partial charge on any atom is 0.264 e. The molecule has 8 heteroatoms. The summed E-state index contributed by atoms with van der Waals surface area (Å²) in [6.45, 7) is 3.51. The molecule has 6 nitrogen and oxygen atoms in total. The predicted molar refractivity (Wildman–Crippen MR) is 146 cm³/mol. The Kier molecular flexibility index (Phi) is 8.05. The zero-order valence-electron chi connectivity index (χ0n) is 20.8. The van der Waals surface area contributed by atoms with E-state index in [1.54, 1.807) is 18.2 Å². The first-order chi connectivity index (χ1) is 17.2. The molecule has 0 fully saturated rings. The molecule has 0 heterocycles. The van der Waals surface area contributed by atoms with Crippen molar-refractivity contribution < 1.29 is 17.9 Å². The van der Waals surface area contributed by atoms with E-state index in [2.05, 4.69) is 39.4 Å². The molecule has 0 spiro atoms. The summed E-state index contributed by atoms with van der Waals surface area (Å²) in [5, 5.41) is 2.99. The van der Waals surface area contributed by atoms with Crippen LogP contribution in [0.5, 0.6) is 5.75 Å². The molecule has 1 aliphatic rings. The highest BCUT2D eigenvalue weighted by atomic mass is 79.9. The van der Waals surface area contributed by atoms with Crippen molar-refractivity contribution in [1.29, 1.82) is 0 Å². The molecule has 0 saturated heterocycles. The third-order valence-electron chi connectivity index (χ3n) is 6.57. The van der Waals surface area contributed by atoms with Crippen LogP contribution in [0, 0.1) is 6.92 Å². The summed E-state index contributed by atoms with van der Waals surface area (Å²) in [4.78, 5) is 13.2. The van der Waals surface area contributed by atoms with E-state index in [9.17, 15) is 13.2 Å². The lowest BCUT2D eigenvalue weighted by Crippen LogP contribution is -2.41. The second kappa shape index (κ2) is 11.0. The van der Waals surface area contributed by atoms with Gasteiger partial charge < -0.3 is 10.1 Å². The third-order valence-corrected chi connectivity index (χ3v) is 8.96. The molecular weight excluding hydrogens is 540 g/mol. The average molecular weight is 572 g/mol. The number of sulfonamides is 1. The first-order valence-electron chi connectivity index (χ1n) is 12.0. The lowest BCUT2D eigenvalue weighted by atomic mass is 9.89. The van der Waals surface area contributed by atoms with Crippen LogP contribution in [0.25, 0.3) is 0 Å². The fourth-order valence-electron chi connectivity index (χ4n) is 4.48. The third kappa shape index (κ3) is 5.76. The van der Waals surface area contributed by atoms with E-state index in [0.717, 1.165) is 28.3 Å². The molecule has 0 aliphatic heterocycles. The number of amides is 1. The number of nitrogens with one attached hydrogen (secondary N) is 1. The number of hydrogen-bond acceptors (Lipinski definition) is 4. The van der Waals surface area contributed by atoms with Crippen LogP contribution in [0.3, 0.4) is 0 Å². The lowest BCUT2D eigenvalue weighted by molar-refractivity contribution is -0.120. The highest BCUT2D eigenvalue weighted by Gasteiger charge is 2.28. The van der Waals surface area contributed by atoms with Crippen LogP contribution in [0.1, 0.15) is 48.1 Å². The molecule has 1 atom stereocenters. The molecule has 0 saturated carbocycles. The maximum absolute atomic E-state index is 13.7. The van der Waals surface area contributed by atoms with Gasteiger partial charge in [0.15, 0.2) is 0 Å². The van der Waals surface area contributed by atoms with Crippen molar-refractivity contribution in [3.05, 3.63) is 87.4 Å². The fourth-order valence-corrected chi connectivity index (χ4v) is 6.62. The molecule has 1 amide bonds. The minimum Gasteiger partial charge on any atom is -0.496 e. The van der Waals surface area contributed by atoms with Crippen LogP contribution in [-0.4, -0.2) is 28.0 Å². The van der Waals surface area contributed by atoms with Crippen molar-refractivity contribution in [1.82, 2.24) is 5.32 Å². The summed E-state index contributed by atoms with van der Waals surface area (Å²) in [6, 6.07) is 17.8. The van der Waals surface area contributed by atoms with E-state index >= 15 is 0 Å². The molecule has 3 aromatic rings. The van der Waals surface area contributed by atoms with Gasteiger partial charge in [0.2, 0.25) is 5.91 Å².